The van der Waals surface area contributed by atoms with Crippen molar-refractivity contribution in [1.82, 2.24) is 15.3 Å². The van der Waals surface area contributed by atoms with E-state index in [2.05, 4.69) is 0 Å². The van der Waals surface area contributed by atoms with Gasteiger partial charge in [0.25, 0.3) is 5.91 Å². The summed E-state index contributed by atoms with van der Waals surface area (Å²) < 4.78 is 5.46. The van der Waals surface area contributed by atoms with Gasteiger partial charge in [0.05, 0.1) is 18.4 Å². The van der Waals surface area contributed by atoms with Gasteiger partial charge in [0.2, 0.25) is 5.91 Å². The molecule has 8 nitrogen and oxygen atoms in total. The van der Waals surface area contributed by atoms with Crippen molar-refractivity contribution in [1.29, 1.82) is 0 Å². The first kappa shape index (κ1) is 20.8. The molecule has 2 heterocycles. The highest BCUT2D eigenvalue weighted by molar-refractivity contribution is 6.05. The van der Waals surface area contributed by atoms with E-state index in [-0.39, 0.29) is 23.9 Å². The maximum atomic E-state index is 13.7. The van der Waals surface area contributed by atoms with Gasteiger partial charge in [-0.25, -0.2) is 10.3 Å². The minimum absolute atomic E-state index is 0.0892. The van der Waals surface area contributed by atoms with E-state index >= 15 is 0 Å². The van der Waals surface area contributed by atoms with Crippen LogP contribution in [-0.2, 0) is 14.3 Å². The fraction of sp³-hybridized carbons (Fsp3) is 0.783. The lowest BCUT2D eigenvalue weighted by Crippen LogP contribution is -2.62. The van der Waals surface area contributed by atoms with Crippen LogP contribution in [-0.4, -0.2) is 57.6 Å². The van der Waals surface area contributed by atoms with Crippen LogP contribution in [0.5, 0.6) is 0 Å². The molecule has 8 heteroatoms. The van der Waals surface area contributed by atoms with Crippen LogP contribution in [0.25, 0.3) is 0 Å². The Labute approximate surface area is 182 Å². The molecule has 1 atom stereocenters. The summed E-state index contributed by atoms with van der Waals surface area (Å²) in [5, 5.41) is 8.77. The van der Waals surface area contributed by atoms with Gasteiger partial charge in [-0.05, 0) is 87.5 Å². The number of rotatable bonds is 7. The molecule has 2 N–H and O–H groups in total. The first-order chi connectivity index (χ1) is 15.0. The van der Waals surface area contributed by atoms with E-state index in [0.717, 1.165) is 37.7 Å². The number of ether oxygens (including phenoxy) is 1. The van der Waals surface area contributed by atoms with Gasteiger partial charge >= 0.3 is 6.03 Å². The number of imide groups is 1. The predicted molar refractivity (Wildman–Crippen MR) is 111 cm³/mol. The molecule has 0 aromatic rings. The van der Waals surface area contributed by atoms with Crippen molar-refractivity contribution in [3.63, 3.8) is 0 Å². The molecule has 5 fully saturated rings. The second kappa shape index (κ2) is 8.11. The molecule has 2 aliphatic heterocycles. The zero-order valence-electron chi connectivity index (χ0n) is 18.1. The van der Waals surface area contributed by atoms with Gasteiger partial charge in [0.1, 0.15) is 6.04 Å². The lowest BCUT2D eigenvalue weighted by molar-refractivity contribution is -0.141. The van der Waals surface area contributed by atoms with Crippen molar-refractivity contribution in [3.8, 4) is 0 Å². The Bertz CT molecular complexity index is 759. The van der Waals surface area contributed by atoms with Gasteiger partial charge in [-0.2, -0.15) is 0 Å². The van der Waals surface area contributed by atoms with Crippen LogP contribution in [0.15, 0.2) is 11.8 Å². The molecule has 170 valence electrons. The monoisotopic (exact) mass is 431 g/mol. The summed E-state index contributed by atoms with van der Waals surface area (Å²) in [7, 11) is 0. The van der Waals surface area contributed by atoms with Gasteiger partial charge in [-0.1, -0.05) is 0 Å². The van der Waals surface area contributed by atoms with E-state index in [0.29, 0.717) is 43.7 Å². The summed E-state index contributed by atoms with van der Waals surface area (Å²) in [4.78, 5) is 42.2. The first-order valence-electron chi connectivity index (χ1n) is 11.9. The number of hydroxylamine groups is 1. The van der Waals surface area contributed by atoms with Crippen molar-refractivity contribution in [2.24, 2.45) is 17.8 Å². The van der Waals surface area contributed by atoms with Crippen LogP contribution in [0.1, 0.15) is 70.6 Å². The van der Waals surface area contributed by atoms with Gasteiger partial charge in [-0.15, -0.1) is 0 Å². The molecule has 0 spiro atoms. The minimum Gasteiger partial charge on any atom is -0.501 e. The molecule has 4 aliphatic carbocycles. The lowest BCUT2D eigenvalue weighted by Gasteiger charge is -2.58. The van der Waals surface area contributed by atoms with Crippen LogP contribution >= 0.6 is 0 Å². The van der Waals surface area contributed by atoms with Crippen LogP contribution in [0, 0.1) is 17.8 Å². The number of amides is 4. The Kier molecular flexibility index (Phi) is 5.44. The van der Waals surface area contributed by atoms with Crippen molar-refractivity contribution >= 4 is 17.8 Å². The summed E-state index contributed by atoms with van der Waals surface area (Å²) in [5.74, 6) is 1.37. The topological polar surface area (TPSA) is 99.2 Å². The molecule has 0 aromatic heterocycles. The van der Waals surface area contributed by atoms with Gasteiger partial charge in [-0.3, -0.25) is 19.7 Å². The van der Waals surface area contributed by atoms with E-state index in [1.54, 1.807) is 21.5 Å². The quantitative estimate of drug-likeness (QED) is 0.367. The highest BCUT2D eigenvalue weighted by Gasteiger charge is 2.60. The first-order valence-corrected chi connectivity index (χ1v) is 11.9. The zero-order valence-corrected chi connectivity index (χ0v) is 18.1. The normalized spacial score (nSPS) is 36.6. The molecule has 1 unspecified atom stereocenters. The van der Waals surface area contributed by atoms with Gasteiger partial charge < -0.3 is 9.64 Å². The largest absolute Gasteiger partial charge is 0.501 e. The highest BCUT2D eigenvalue weighted by atomic mass is 16.5. The molecule has 4 bridgehead atoms. The molecule has 6 rings (SSSR count). The number of nitrogens with zero attached hydrogens (tertiary/aromatic N) is 2. The Morgan fingerprint density at radius 3 is 2.42 bits per heavy atom. The fourth-order valence-corrected chi connectivity index (χ4v) is 7.34. The average Bonchev–Trinajstić information content (AvgIpc) is 2.97. The summed E-state index contributed by atoms with van der Waals surface area (Å²) in [5.41, 5.74) is 2.37. The van der Waals surface area contributed by atoms with Gasteiger partial charge in [0, 0.05) is 13.0 Å². The smallest absolute Gasteiger partial charge is 0.328 e. The third-order valence-electron chi connectivity index (χ3n) is 8.19. The highest BCUT2D eigenvalue weighted by Crippen LogP contribution is 2.58. The molecule has 31 heavy (non-hydrogen) atoms. The zero-order chi connectivity index (χ0) is 21.6. The standard InChI is InChI=1S/C23H33N3O5/c27-20(24-30)5-1-4-19-21(28)26(22(29)25(19)13-15-3-2-6-31-14-15)23-10-16-7-17(11-23)9-18(8-16)12-23/h14,16-19,30H,1-13H2,(H,24,27). The number of hydrogen-bond donors (Lipinski definition) is 2. The van der Waals surface area contributed by atoms with Gasteiger partial charge in [0.15, 0.2) is 0 Å². The summed E-state index contributed by atoms with van der Waals surface area (Å²) >= 11 is 0. The number of urea groups is 1. The van der Waals surface area contributed by atoms with E-state index < -0.39 is 11.9 Å². The van der Waals surface area contributed by atoms with E-state index in [4.69, 9.17) is 9.94 Å². The average molecular weight is 432 g/mol. The van der Waals surface area contributed by atoms with Crippen molar-refractivity contribution in [2.45, 2.75) is 82.2 Å². The number of carbonyl (C=O) groups is 3. The van der Waals surface area contributed by atoms with Crippen LogP contribution in [0.4, 0.5) is 4.79 Å². The Balaban J connectivity index is 1.39. The van der Waals surface area contributed by atoms with Crippen LogP contribution in [0.2, 0.25) is 0 Å². The van der Waals surface area contributed by atoms with Crippen molar-refractivity contribution in [2.75, 3.05) is 13.2 Å². The number of hydrogen-bond acceptors (Lipinski definition) is 5. The predicted octanol–water partition coefficient (Wildman–Crippen LogP) is 2.96. The molecule has 6 aliphatic rings. The molecule has 0 aromatic carbocycles. The Hall–Kier alpha value is -2.09. The third kappa shape index (κ3) is 3.73. The van der Waals surface area contributed by atoms with E-state index in [9.17, 15) is 14.4 Å². The second-order valence-corrected chi connectivity index (χ2v) is 10.4. The third-order valence-corrected chi connectivity index (χ3v) is 8.19. The van der Waals surface area contributed by atoms with Crippen molar-refractivity contribution in [3.05, 3.63) is 11.8 Å². The molecule has 4 amide bonds. The number of carbonyl (C=O) groups excluding carboxylic acids is 3. The summed E-state index contributed by atoms with van der Waals surface area (Å²) in [6, 6.07) is -0.704. The lowest BCUT2D eigenvalue weighted by atomic mass is 9.52. The molecule has 4 saturated carbocycles. The fourth-order valence-electron chi connectivity index (χ4n) is 7.34. The number of nitrogens with one attached hydrogen (secondary N) is 1. The van der Waals surface area contributed by atoms with Crippen molar-refractivity contribution < 1.29 is 24.3 Å². The summed E-state index contributed by atoms with van der Waals surface area (Å²) in [6.45, 7) is 1.10. The Morgan fingerprint density at radius 2 is 1.84 bits per heavy atom. The maximum absolute atomic E-state index is 13.7. The molecule has 0 radical (unpaired) electrons. The SMILES string of the molecule is O=C(CCCC1C(=O)N(C23CC4CC(CC(C4)C2)C3)C(=O)N1CC1=COCCC1)NO. The minimum atomic E-state index is -0.546. The molecular formula is C23H33N3O5. The molecule has 1 saturated heterocycles. The second-order valence-electron chi connectivity index (χ2n) is 10.4. The van der Waals surface area contributed by atoms with E-state index in [1.807, 2.05) is 0 Å². The van der Waals surface area contributed by atoms with E-state index in [1.165, 1.54) is 19.3 Å². The maximum Gasteiger partial charge on any atom is 0.328 e. The molecular weight excluding hydrogens is 398 g/mol. The van der Waals surface area contributed by atoms with Crippen LogP contribution < -0.4 is 5.48 Å². The van der Waals surface area contributed by atoms with Crippen LogP contribution in [0.3, 0.4) is 0 Å². The Morgan fingerprint density at radius 1 is 1.16 bits per heavy atom. The summed E-state index contributed by atoms with van der Waals surface area (Å²) in [6.07, 6.45) is 11.1.